The van der Waals surface area contributed by atoms with Crippen LogP contribution in [0.15, 0.2) is 36.4 Å². The van der Waals surface area contributed by atoms with E-state index in [9.17, 15) is 14.7 Å². The number of rotatable bonds is 12. The van der Waals surface area contributed by atoms with Crippen molar-refractivity contribution in [3.63, 3.8) is 0 Å². The number of carbonyl (C=O) groups excluding carboxylic acids is 2. The van der Waals surface area contributed by atoms with Crippen molar-refractivity contribution in [2.45, 2.75) is 91.8 Å². The van der Waals surface area contributed by atoms with Gasteiger partial charge < -0.3 is 14.6 Å². The van der Waals surface area contributed by atoms with Gasteiger partial charge in [0.1, 0.15) is 5.75 Å². The Morgan fingerprint density at radius 2 is 1.72 bits per heavy atom. The van der Waals surface area contributed by atoms with E-state index in [0.29, 0.717) is 30.6 Å². The first kappa shape index (κ1) is 28.9. The summed E-state index contributed by atoms with van der Waals surface area (Å²) in [5.74, 6) is -0.0786. The molecule has 6 nitrogen and oxygen atoms in total. The van der Waals surface area contributed by atoms with Crippen LogP contribution in [0, 0.1) is 6.92 Å². The molecule has 2 heterocycles. The summed E-state index contributed by atoms with van der Waals surface area (Å²) >= 11 is 0. The van der Waals surface area contributed by atoms with Crippen LogP contribution in [-0.2, 0) is 19.6 Å². The monoisotopic (exact) mass is 531 g/mol. The van der Waals surface area contributed by atoms with Gasteiger partial charge in [-0.15, -0.1) is 0 Å². The molecule has 3 aromatic rings. The van der Waals surface area contributed by atoms with E-state index in [-0.39, 0.29) is 17.4 Å². The van der Waals surface area contributed by atoms with Gasteiger partial charge in [-0.2, -0.15) is 0 Å². The van der Waals surface area contributed by atoms with Crippen LogP contribution in [0.4, 0.5) is 0 Å². The van der Waals surface area contributed by atoms with E-state index in [2.05, 4.69) is 16.4 Å². The largest absolute Gasteiger partial charge is 0.507 e. The number of aromatic hydroxyl groups is 1. The molecule has 1 aliphatic rings. The van der Waals surface area contributed by atoms with E-state index in [1.807, 2.05) is 57.3 Å². The van der Waals surface area contributed by atoms with Crippen LogP contribution in [0.5, 0.6) is 5.75 Å². The SMILES string of the molecule is CCCCCCn1c(C)c(C(=O)N(C)Cc2ccccc2)c2c(CN3CCCCC3)c(O)c(C(=O)CC)cc21. The van der Waals surface area contributed by atoms with Crippen LogP contribution in [0.2, 0.25) is 0 Å². The van der Waals surface area contributed by atoms with Gasteiger partial charge in [-0.05, 0) is 50.9 Å². The maximum Gasteiger partial charge on any atom is 0.256 e. The van der Waals surface area contributed by atoms with E-state index in [1.54, 1.807) is 4.90 Å². The van der Waals surface area contributed by atoms with Crippen molar-refractivity contribution in [1.29, 1.82) is 0 Å². The number of ketones is 1. The highest BCUT2D eigenvalue weighted by Crippen LogP contribution is 2.39. The van der Waals surface area contributed by atoms with Crippen LogP contribution in [0.25, 0.3) is 10.9 Å². The topological polar surface area (TPSA) is 65.8 Å². The molecule has 0 spiro atoms. The molecule has 0 bridgehead atoms. The molecule has 1 aromatic heterocycles. The zero-order chi connectivity index (χ0) is 27.9. The van der Waals surface area contributed by atoms with Crippen molar-refractivity contribution in [3.05, 3.63) is 64.3 Å². The smallest absolute Gasteiger partial charge is 0.256 e. The summed E-state index contributed by atoms with van der Waals surface area (Å²) in [6.45, 7) is 9.80. The lowest BCUT2D eigenvalue weighted by Gasteiger charge is -2.27. The number of phenolic OH excluding ortho intramolecular Hbond substituents is 1. The quantitative estimate of drug-likeness (QED) is 0.200. The number of amides is 1. The first-order valence-corrected chi connectivity index (χ1v) is 14.8. The summed E-state index contributed by atoms with van der Waals surface area (Å²) in [6, 6.07) is 11.9. The van der Waals surface area contributed by atoms with Crippen molar-refractivity contribution >= 4 is 22.6 Å². The predicted octanol–water partition coefficient (Wildman–Crippen LogP) is 7.09. The summed E-state index contributed by atoms with van der Waals surface area (Å²) in [7, 11) is 1.85. The van der Waals surface area contributed by atoms with Gasteiger partial charge in [-0.3, -0.25) is 14.5 Å². The van der Waals surface area contributed by atoms with Gasteiger partial charge in [-0.1, -0.05) is 69.9 Å². The molecule has 2 aromatic carbocycles. The molecule has 39 heavy (non-hydrogen) atoms. The number of likely N-dealkylation sites (tertiary alicyclic amines) is 1. The third-order valence-electron chi connectivity index (χ3n) is 8.20. The molecule has 1 aliphatic heterocycles. The molecular weight excluding hydrogens is 486 g/mol. The number of phenols is 1. The fourth-order valence-electron chi connectivity index (χ4n) is 5.97. The molecule has 1 saturated heterocycles. The highest BCUT2D eigenvalue weighted by atomic mass is 16.3. The number of Topliss-reactive ketones (excluding diaryl/α,β-unsaturated/α-hetero) is 1. The molecule has 1 fully saturated rings. The van der Waals surface area contributed by atoms with Crippen molar-refractivity contribution in [2.24, 2.45) is 0 Å². The molecule has 210 valence electrons. The zero-order valence-electron chi connectivity index (χ0n) is 24.3. The fraction of sp³-hybridized carbons (Fsp3) is 0.515. The van der Waals surface area contributed by atoms with Gasteiger partial charge in [0.2, 0.25) is 0 Å². The van der Waals surface area contributed by atoms with E-state index < -0.39 is 0 Å². The van der Waals surface area contributed by atoms with Crippen LogP contribution in [0.3, 0.4) is 0 Å². The molecule has 6 heteroatoms. The maximum atomic E-state index is 14.2. The van der Waals surface area contributed by atoms with Gasteiger partial charge in [0.05, 0.1) is 16.6 Å². The fourth-order valence-corrected chi connectivity index (χ4v) is 5.97. The Balaban J connectivity index is 1.88. The number of benzene rings is 2. The number of nitrogens with zero attached hydrogens (tertiary/aromatic N) is 3. The average Bonchev–Trinajstić information content (AvgIpc) is 3.23. The zero-order valence-corrected chi connectivity index (χ0v) is 24.3. The Bertz CT molecular complexity index is 1290. The number of fused-ring (bicyclic) bond motifs is 1. The highest BCUT2D eigenvalue weighted by Gasteiger charge is 2.29. The predicted molar refractivity (Wildman–Crippen MR) is 158 cm³/mol. The third kappa shape index (κ3) is 6.38. The van der Waals surface area contributed by atoms with Crippen molar-refractivity contribution in [1.82, 2.24) is 14.4 Å². The Morgan fingerprint density at radius 3 is 2.38 bits per heavy atom. The first-order valence-electron chi connectivity index (χ1n) is 14.8. The first-order chi connectivity index (χ1) is 18.9. The molecule has 4 rings (SSSR count). The van der Waals surface area contributed by atoms with E-state index >= 15 is 0 Å². The van der Waals surface area contributed by atoms with E-state index in [0.717, 1.165) is 79.5 Å². The number of piperidine rings is 1. The third-order valence-corrected chi connectivity index (χ3v) is 8.20. The molecule has 1 amide bonds. The second kappa shape index (κ2) is 13.3. The van der Waals surface area contributed by atoms with Gasteiger partial charge in [-0.25, -0.2) is 0 Å². The standard InChI is InChI=1S/C33H45N3O3/c1-5-7-8-15-20-36-24(3)30(33(39)34(4)22-25-16-11-9-12-17-25)31-27(23-35-18-13-10-14-19-35)32(38)26(21-28(31)36)29(37)6-2/h9,11-12,16-17,21,38H,5-8,10,13-15,18-20,22-23H2,1-4H3. The summed E-state index contributed by atoms with van der Waals surface area (Å²) < 4.78 is 2.22. The number of aryl methyl sites for hydroxylation is 1. The summed E-state index contributed by atoms with van der Waals surface area (Å²) in [5.41, 5.74) is 4.62. The van der Waals surface area contributed by atoms with Crippen molar-refractivity contribution < 1.29 is 14.7 Å². The summed E-state index contributed by atoms with van der Waals surface area (Å²) in [6.07, 6.45) is 8.24. The summed E-state index contributed by atoms with van der Waals surface area (Å²) in [5, 5.41) is 12.4. The van der Waals surface area contributed by atoms with Crippen LogP contribution < -0.4 is 0 Å². The van der Waals surface area contributed by atoms with Crippen LogP contribution in [0.1, 0.15) is 103 Å². The van der Waals surface area contributed by atoms with Crippen LogP contribution in [-0.4, -0.2) is 51.3 Å². The number of hydrogen-bond acceptors (Lipinski definition) is 4. The van der Waals surface area contributed by atoms with Crippen molar-refractivity contribution in [2.75, 3.05) is 20.1 Å². The lowest BCUT2D eigenvalue weighted by Crippen LogP contribution is -2.30. The molecule has 0 saturated carbocycles. The molecule has 0 atom stereocenters. The minimum atomic E-state index is -0.0697. The second-order valence-electron chi connectivity index (χ2n) is 11.1. The number of carbonyl (C=O) groups is 2. The van der Waals surface area contributed by atoms with Crippen LogP contribution >= 0.6 is 0 Å². The Morgan fingerprint density at radius 1 is 1.00 bits per heavy atom. The van der Waals surface area contributed by atoms with E-state index in [1.165, 1.54) is 12.8 Å². The lowest BCUT2D eigenvalue weighted by molar-refractivity contribution is 0.0785. The van der Waals surface area contributed by atoms with Gasteiger partial charge in [0.25, 0.3) is 5.91 Å². The van der Waals surface area contributed by atoms with E-state index in [4.69, 9.17) is 0 Å². The molecule has 0 aliphatic carbocycles. The van der Waals surface area contributed by atoms with Gasteiger partial charge in [0, 0.05) is 49.7 Å². The minimum absolute atomic E-state index is 0.0443. The molecule has 1 N–H and O–H groups in total. The normalized spacial score (nSPS) is 14.2. The number of hydrogen-bond donors (Lipinski definition) is 1. The van der Waals surface area contributed by atoms with Crippen molar-refractivity contribution in [3.8, 4) is 5.75 Å². The van der Waals surface area contributed by atoms with Gasteiger partial charge >= 0.3 is 0 Å². The maximum absolute atomic E-state index is 14.2. The van der Waals surface area contributed by atoms with Gasteiger partial charge in [0.15, 0.2) is 5.78 Å². The summed E-state index contributed by atoms with van der Waals surface area (Å²) in [4.78, 5) is 31.3. The highest BCUT2D eigenvalue weighted by molar-refractivity contribution is 6.12. The second-order valence-corrected chi connectivity index (χ2v) is 11.1. The minimum Gasteiger partial charge on any atom is -0.507 e. The average molecular weight is 532 g/mol. The molecule has 0 radical (unpaired) electrons. The number of unbranched alkanes of at least 4 members (excludes halogenated alkanes) is 3. The molecular formula is C33H45N3O3. The Kier molecular flexibility index (Phi) is 9.84. The number of aromatic nitrogens is 1. The Labute approximate surface area is 233 Å². The lowest BCUT2D eigenvalue weighted by atomic mass is 9.96. The molecule has 0 unspecified atom stereocenters. The Hall–Kier alpha value is -3.12.